The van der Waals surface area contributed by atoms with Crippen LogP contribution in [0.1, 0.15) is 118 Å². The molecule has 2 aliphatic carbocycles. The van der Waals surface area contributed by atoms with Crippen molar-refractivity contribution in [3.05, 3.63) is 59.2 Å². The summed E-state index contributed by atoms with van der Waals surface area (Å²) in [6.45, 7) is 14.1. The second-order valence-electron chi connectivity index (χ2n) is 13.3. The number of carbonyl (C=O) groups is 2. The van der Waals surface area contributed by atoms with E-state index in [1.807, 2.05) is 43.9 Å². The van der Waals surface area contributed by atoms with E-state index < -0.39 is 5.41 Å². The molecule has 3 fully saturated rings. The van der Waals surface area contributed by atoms with Gasteiger partial charge in [-0.3, -0.25) is 19.6 Å². The lowest BCUT2D eigenvalue weighted by Crippen LogP contribution is -2.56. The van der Waals surface area contributed by atoms with Gasteiger partial charge in [0.1, 0.15) is 11.2 Å². The minimum absolute atomic E-state index is 0.0815. The number of likely N-dealkylation sites (tertiary alicyclic amines) is 1. The van der Waals surface area contributed by atoms with E-state index in [2.05, 4.69) is 18.8 Å². The standard InChI is InChI=1S/C28H39FN2O3.C10H18N2/c1-3-5-8-21-19-24(21)30-16-13-27(22-9-6-10-23(29)20-22)14-17-31(18-15-27)25(32)28(11-7-12-28)26(33)34-4-2;1-5-6-7-10(11)9(4)12-8(2)3/h6,9-10,20-21H,3-5,7-8,11-19H2,1-2H3;6-7H,5,11H2,1-4H3/b;7-6-,10-9-. The van der Waals surface area contributed by atoms with Crippen LogP contribution in [0.15, 0.2) is 57.8 Å². The Labute approximate surface area is 276 Å². The first kappa shape index (κ1) is 37.2. The minimum atomic E-state index is -0.986. The van der Waals surface area contributed by atoms with Gasteiger partial charge in [0.2, 0.25) is 5.91 Å². The quantitative estimate of drug-likeness (QED) is 0.102. The molecule has 0 aromatic heterocycles. The molecular weight excluding hydrogens is 579 g/mol. The summed E-state index contributed by atoms with van der Waals surface area (Å²) in [5.41, 5.74) is 9.56. The van der Waals surface area contributed by atoms with Crippen molar-refractivity contribution < 1.29 is 18.7 Å². The SMILES string of the molecule is CC/C=C\C(N)=C(/C)N=C(C)C.CCCCC1CC1=NCCC1(c2cccc(F)c2)CCN(C(=O)C2(C(=O)OCC)CCC2)CC1. The summed E-state index contributed by atoms with van der Waals surface area (Å²) in [4.78, 5) is 37.0. The Balaban J connectivity index is 0.000000409. The molecule has 0 radical (unpaired) electrons. The van der Waals surface area contributed by atoms with E-state index >= 15 is 0 Å². The van der Waals surface area contributed by atoms with E-state index in [0.29, 0.717) is 38.5 Å². The average molecular weight is 637 g/mol. The number of nitrogens with zero attached hydrogens (tertiary/aromatic N) is 3. The molecule has 1 unspecified atom stereocenters. The number of halogens is 1. The zero-order valence-electron chi connectivity index (χ0n) is 29.2. The third-order valence-corrected chi connectivity index (χ3v) is 9.65. The van der Waals surface area contributed by atoms with Gasteiger partial charge in [0.25, 0.3) is 0 Å². The molecule has 254 valence electrons. The molecule has 1 aliphatic heterocycles. The lowest BCUT2D eigenvalue weighted by atomic mass is 9.66. The van der Waals surface area contributed by atoms with Gasteiger partial charge in [0.15, 0.2) is 0 Å². The van der Waals surface area contributed by atoms with Crippen LogP contribution < -0.4 is 5.73 Å². The first-order valence-electron chi connectivity index (χ1n) is 17.4. The van der Waals surface area contributed by atoms with Crippen molar-refractivity contribution in [2.75, 3.05) is 26.2 Å². The van der Waals surface area contributed by atoms with E-state index in [9.17, 15) is 14.0 Å². The van der Waals surface area contributed by atoms with Crippen LogP contribution in [0, 0.1) is 17.2 Å². The maximum absolute atomic E-state index is 14.2. The van der Waals surface area contributed by atoms with Gasteiger partial charge >= 0.3 is 5.97 Å². The van der Waals surface area contributed by atoms with E-state index in [0.717, 1.165) is 67.7 Å². The molecular formula is C38H57FN4O3. The number of carbonyl (C=O) groups excluding carboxylic acids is 2. The van der Waals surface area contributed by atoms with Gasteiger partial charge in [0, 0.05) is 42.4 Å². The van der Waals surface area contributed by atoms with Crippen molar-refractivity contribution in [1.82, 2.24) is 4.90 Å². The van der Waals surface area contributed by atoms with Gasteiger partial charge in [-0.15, -0.1) is 0 Å². The van der Waals surface area contributed by atoms with Crippen LogP contribution in [0.5, 0.6) is 0 Å². The van der Waals surface area contributed by atoms with Crippen molar-refractivity contribution in [2.24, 2.45) is 27.1 Å². The third kappa shape index (κ3) is 9.85. The second kappa shape index (κ2) is 17.6. The molecule has 1 heterocycles. The highest BCUT2D eigenvalue weighted by atomic mass is 19.1. The third-order valence-electron chi connectivity index (χ3n) is 9.65. The predicted molar refractivity (Wildman–Crippen MR) is 186 cm³/mol. The maximum Gasteiger partial charge on any atom is 0.321 e. The Morgan fingerprint density at radius 3 is 2.39 bits per heavy atom. The fourth-order valence-electron chi connectivity index (χ4n) is 6.53. The smallest absolute Gasteiger partial charge is 0.321 e. The summed E-state index contributed by atoms with van der Waals surface area (Å²) in [7, 11) is 0. The zero-order chi connectivity index (χ0) is 33.7. The van der Waals surface area contributed by atoms with E-state index in [4.69, 9.17) is 15.5 Å². The lowest BCUT2D eigenvalue weighted by molar-refractivity contribution is -0.172. The Morgan fingerprint density at radius 2 is 1.83 bits per heavy atom. The predicted octanol–water partition coefficient (Wildman–Crippen LogP) is 8.08. The number of esters is 1. The number of nitrogens with two attached hydrogens (primary N) is 1. The molecule has 1 aromatic carbocycles. The molecule has 1 atom stereocenters. The molecule has 0 spiro atoms. The van der Waals surface area contributed by atoms with Crippen LogP contribution in [-0.4, -0.2) is 54.4 Å². The van der Waals surface area contributed by atoms with Gasteiger partial charge in [-0.25, -0.2) is 4.39 Å². The highest BCUT2D eigenvalue weighted by molar-refractivity contribution is 6.03. The van der Waals surface area contributed by atoms with Crippen molar-refractivity contribution in [3.63, 3.8) is 0 Å². The number of hydrogen-bond donors (Lipinski definition) is 1. The molecule has 4 rings (SSSR count). The summed E-state index contributed by atoms with van der Waals surface area (Å²) in [5.74, 6) is -0.00142. The number of rotatable bonds is 13. The Bertz CT molecular complexity index is 1300. The van der Waals surface area contributed by atoms with Crippen molar-refractivity contribution in [3.8, 4) is 0 Å². The highest BCUT2D eigenvalue weighted by Gasteiger charge is 2.54. The molecule has 46 heavy (non-hydrogen) atoms. The molecule has 8 heteroatoms. The summed E-state index contributed by atoms with van der Waals surface area (Å²) in [6.07, 6.45) is 14.2. The first-order valence-corrected chi connectivity index (χ1v) is 17.4. The fraction of sp³-hybridized carbons (Fsp3) is 0.632. The maximum atomic E-state index is 14.2. The normalized spacial score (nSPS) is 21.1. The Hall–Kier alpha value is -3.29. The molecule has 2 saturated carbocycles. The van der Waals surface area contributed by atoms with Crippen LogP contribution >= 0.6 is 0 Å². The molecule has 3 aliphatic rings. The van der Waals surface area contributed by atoms with Gasteiger partial charge < -0.3 is 15.4 Å². The lowest BCUT2D eigenvalue weighted by Gasteiger charge is -2.46. The van der Waals surface area contributed by atoms with E-state index in [1.165, 1.54) is 31.0 Å². The molecule has 1 saturated heterocycles. The number of ether oxygens (including phenoxy) is 1. The van der Waals surface area contributed by atoms with E-state index in [1.54, 1.807) is 19.1 Å². The van der Waals surface area contributed by atoms with Crippen LogP contribution in [0.2, 0.25) is 0 Å². The van der Waals surface area contributed by atoms with Crippen molar-refractivity contribution in [2.45, 2.75) is 118 Å². The largest absolute Gasteiger partial charge is 0.465 e. The molecule has 1 aromatic rings. The van der Waals surface area contributed by atoms with Crippen LogP contribution in [0.4, 0.5) is 4.39 Å². The van der Waals surface area contributed by atoms with Crippen LogP contribution in [0.25, 0.3) is 0 Å². The van der Waals surface area contributed by atoms with Gasteiger partial charge in [-0.2, -0.15) is 0 Å². The number of unbranched alkanes of at least 4 members (excludes halogenated alkanes) is 1. The number of aliphatic imine (C=N–C) groups is 2. The van der Waals surface area contributed by atoms with Crippen LogP contribution in [0.3, 0.4) is 0 Å². The van der Waals surface area contributed by atoms with E-state index in [-0.39, 0.29) is 23.1 Å². The summed E-state index contributed by atoms with van der Waals surface area (Å²) in [6, 6.07) is 6.93. The number of hydrogen-bond acceptors (Lipinski definition) is 6. The second-order valence-corrected chi connectivity index (χ2v) is 13.3. The fourth-order valence-corrected chi connectivity index (χ4v) is 6.53. The zero-order valence-corrected chi connectivity index (χ0v) is 29.2. The molecule has 1 amide bonds. The molecule has 2 N–H and O–H groups in total. The monoisotopic (exact) mass is 636 g/mol. The topological polar surface area (TPSA) is 97.4 Å². The Kier molecular flexibility index (Phi) is 14.2. The molecule has 0 bridgehead atoms. The number of benzene rings is 1. The average Bonchev–Trinajstić information content (AvgIpc) is 3.76. The number of allylic oxidation sites excluding steroid dienone is 3. The highest BCUT2D eigenvalue weighted by Crippen LogP contribution is 2.46. The number of amides is 1. The van der Waals surface area contributed by atoms with Gasteiger partial charge in [-0.05, 0) is 103 Å². The summed E-state index contributed by atoms with van der Waals surface area (Å²) < 4.78 is 19.4. The summed E-state index contributed by atoms with van der Waals surface area (Å²) >= 11 is 0. The van der Waals surface area contributed by atoms with Gasteiger partial charge in [0.05, 0.1) is 18.0 Å². The number of piperidine rings is 1. The van der Waals surface area contributed by atoms with Crippen molar-refractivity contribution in [1.29, 1.82) is 0 Å². The molecule has 7 nitrogen and oxygen atoms in total. The van der Waals surface area contributed by atoms with Crippen molar-refractivity contribution >= 4 is 23.3 Å². The van der Waals surface area contributed by atoms with Gasteiger partial charge in [-0.1, -0.05) is 51.3 Å². The minimum Gasteiger partial charge on any atom is -0.465 e. The van der Waals surface area contributed by atoms with Crippen LogP contribution in [-0.2, 0) is 19.7 Å². The first-order chi connectivity index (χ1) is 22.0. The Morgan fingerprint density at radius 1 is 1.11 bits per heavy atom. The summed E-state index contributed by atoms with van der Waals surface area (Å²) in [5, 5.41) is 0.